The van der Waals surface area contributed by atoms with Gasteiger partial charge in [0.15, 0.2) is 5.52 Å². The van der Waals surface area contributed by atoms with E-state index in [1.54, 1.807) is 18.2 Å². The van der Waals surface area contributed by atoms with E-state index in [0.29, 0.717) is 16.4 Å². The zero-order valence-corrected chi connectivity index (χ0v) is 16.6. The number of aromatic amines is 2. The summed E-state index contributed by atoms with van der Waals surface area (Å²) in [5.41, 5.74) is 0.203. The highest BCUT2D eigenvalue weighted by Gasteiger charge is 2.15. The van der Waals surface area contributed by atoms with E-state index in [1.165, 1.54) is 7.05 Å². The first kappa shape index (κ1) is 19.5. The Hall–Kier alpha value is -3.78. The van der Waals surface area contributed by atoms with E-state index in [-0.39, 0.29) is 23.3 Å². The summed E-state index contributed by atoms with van der Waals surface area (Å²) in [4.78, 5) is 50.3. The summed E-state index contributed by atoms with van der Waals surface area (Å²) in [5, 5.41) is 0.470. The molecule has 0 radical (unpaired) electrons. The van der Waals surface area contributed by atoms with Crippen molar-refractivity contribution < 1.29 is 0 Å². The van der Waals surface area contributed by atoms with Gasteiger partial charge in [-0.25, -0.2) is 9.78 Å². The van der Waals surface area contributed by atoms with E-state index < -0.39 is 16.8 Å². The molecule has 0 spiro atoms. The number of aliphatic imine (C=N–C) groups is 1. The fourth-order valence-electron chi connectivity index (χ4n) is 3.02. The highest BCUT2D eigenvalue weighted by Crippen LogP contribution is 2.25. The second-order valence-electron chi connectivity index (χ2n) is 6.58. The number of H-pyrrole nitrogens is 2. The fourth-order valence-corrected chi connectivity index (χ4v) is 3.20. The highest BCUT2D eigenvalue weighted by atomic mass is 35.5. The molecule has 0 atom stereocenters. The molecule has 0 saturated carbocycles. The van der Waals surface area contributed by atoms with Crippen molar-refractivity contribution >= 4 is 34.2 Å². The summed E-state index contributed by atoms with van der Waals surface area (Å²) in [6.45, 7) is 0. The molecule has 0 aliphatic heterocycles. The minimum atomic E-state index is -0.671. The Balaban J connectivity index is 1.88. The van der Waals surface area contributed by atoms with E-state index in [2.05, 4.69) is 19.9 Å². The van der Waals surface area contributed by atoms with Gasteiger partial charge in [0, 0.05) is 13.5 Å². The number of fused-ring (bicyclic) bond motifs is 1. The average molecular weight is 422 g/mol. The minimum absolute atomic E-state index is 0.0307. The molecule has 0 unspecified atom stereocenters. The number of hydrogen-bond donors (Lipinski definition) is 2. The third-order valence-electron chi connectivity index (χ3n) is 4.59. The van der Waals surface area contributed by atoms with E-state index in [4.69, 9.17) is 11.6 Å². The van der Waals surface area contributed by atoms with E-state index in [9.17, 15) is 14.4 Å². The first-order valence-electron chi connectivity index (χ1n) is 9.04. The van der Waals surface area contributed by atoms with Crippen LogP contribution in [0.1, 0.15) is 11.3 Å². The minimum Gasteiger partial charge on any atom is -0.305 e. The van der Waals surface area contributed by atoms with Gasteiger partial charge >= 0.3 is 5.69 Å². The molecular formula is C21H16ClN5O3. The van der Waals surface area contributed by atoms with Gasteiger partial charge in [0.25, 0.3) is 11.1 Å². The second-order valence-corrected chi connectivity index (χ2v) is 6.99. The number of aromatic nitrogens is 4. The second kappa shape index (κ2) is 7.92. The molecular weight excluding hydrogens is 406 g/mol. The lowest BCUT2D eigenvalue weighted by Gasteiger charge is -2.09. The molecule has 4 aromatic rings. The van der Waals surface area contributed by atoms with Gasteiger partial charge in [-0.1, -0.05) is 54.1 Å². The largest absolute Gasteiger partial charge is 0.329 e. The molecule has 0 saturated heterocycles. The maximum Gasteiger partial charge on any atom is 0.329 e. The van der Waals surface area contributed by atoms with Gasteiger partial charge in [-0.15, -0.1) is 0 Å². The molecule has 0 bridgehead atoms. The molecule has 2 aromatic carbocycles. The maximum atomic E-state index is 12.7. The first-order valence-corrected chi connectivity index (χ1v) is 9.41. The molecule has 0 aliphatic carbocycles. The van der Waals surface area contributed by atoms with Gasteiger partial charge in [0.1, 0.15) is 11.3 Å². The molecule has 2 heterocycles. The monoisotopic (exact) mass is 421 g/mol. The SMILES string of the molecule is Cn1c(=O)[nH]c(=O)c2nc(CC(=Nc3ccccc3Cl)c3ccccc3)c(=O)[nH]c21. The van der Waals surface area contributed by atoms with Crippen LogP contribution in [0.3, 0.4) is 0 Å². The van der Waals surface area contributed by atoms with Crippen molar-refractivity contribution in [1.82, 2.24) is 19.5 Å². The van der Waals surface area contributed by atoms with Crippen LogP contribution in [0.15, 0.2) is 74.0 Å². The zero-order valence-electron chi connectivity index (χ0n) is 15.8. The third kappa shape index (κ3) is 3.72. The first-order chi connectivity index (χ1) is 14.4. The number of rotatable bonds is 4. The van der Waals surface area contributed by atoms with Gasteiger partial charge in [0.2, 0.25) is 0 Å². The van der Waals surface area contributed by atoms with Crippen LogP contribution in [-0.4, -0.2) is 25.2 Å². The number of hydrogen-bond acceptors (Lipinski definition) is 5. The number of aryl methyl sites for hydroxylation is 1. The van der Waals surface area contributed by atoms with Crippen LogP contribution in [0.4, 0.5) is 5.69 Å². The van der Waals surface area contributed by atoms with Gasteiger partial charge < -0.3 is 4.98 Å². The third-order valence-corrected chi connectivity index (χ3v) is 4.91. The number of nitrogens with zero attached hydrogens (tertiary/aromatic N) is 3. The van der Waals surface area contributed by atoms with Gasteiger partial charge in [-0.3, -0.25) is 24.1 Å². The van der Waals surface area contributed by atoms with Crippen molar-refractivity contribution in [2.45, 2.75) is 6.42 Å². The van der Waals surface area contributed by atoms with Crippen LogP contribution >= 0.6 is 11.6 Å². The standard InChI is InChI=1S/C21H16ClN5O3/c1-27-18-17(20(29)26-21(27)30)24-16(19(28)25-18)11-15(12-7-3-2-4-8-12)23-14-10-6-5-9-13(14)22/h2-10H,11H2,1H3,(H,25,28)(H,26,29,30). The lowest BCUT2D eigenvalue weighted by Crippen LogP contribution is -2.32. The normalized spacial score (nSPS) is 11.7. The van der Waals surface area contributed by atoms with Crippen molar-refractivity contribution in [3.63, 3.8) is 0 Å². The number of benzene rings is 2. The molecule has 4 rings (SSSR count). The molecule has 0 fully saturated rings. The predicted molar refractivity (Wildman–Crippen MR) is 116 cm³/mol. The Morgan fingerprint density at radius 2 is 1.70 bits per heavy atom. The Kier molecular flexibility index (Phi) is 5.16. The highest BCUT2D eigenvalue weighted by molar-refractivity contribution is 6.33. The fraction of sp³-hybridized carbons (Fsp3) is 0.0952. The predicted octanol–water partition coefficient (Wildman–Crippen LogP) is 2.33. The Bertz CT molecular complexity index is 1450. The van der Waals surface area contributed by atoms with Crippen molar-refractivity contribution in [2.24, 2.45) is 12.0 Å². The van der Waals surface area contributed by atoms with Crippen LogP contribution in [0.2, 0.25) is 5.02 Å². The van der Waals surface area contributed by atoms with Crippen molar-refractivity contribution in [2.75, 3.05) is 0 Å². The molecule has 30 heavy (non-hydrogen) atoms. The van der Waals surface area contributed by atoms with Crippen molar-refractivity contribution in [3.8, 4) is 0 Å². The van der Waals surface area contributed by atoms with E-state index >= 15 is 0 Å². The summed E-state index contributed by atoms with van der Waals surface area (Å²) in [6, 6.07) is 16.4. The lowest BCUT2D eigenvalue weighted by molar-refractivity contribution is 0.817. The summed E-state index contributed by atoms with van der Waals surface area (Å²) < 4.78 is 1.13. The van der Waals surface area contributed by atoms with Crippen LogP contribution < -0.4 is 16.8 Å². The van der Waals surface area contributed by atoms with E-state index in [1.807, 2.05) is 36.4 Å². The average Bonchev–Trinajstić information content (AvgIpc) is 2.74. The molecule has 150 valence electrons. The summed E-state index contributed by atoms with van der Waals surface area (Å²) in [6.07, 6.45) is 0.0583. The summed E-state index contributed by atoms with van der Waals surface area (Å²) in [5.74, 6) is 0. The number of nitrogens with one attached hydrogen (secondary N) is 2. The Morgan fingerprint density at radius 1 is 1.00 bits per heavy atom. The van der Waals surface area contributed by atoms with Crippen molar-refractivity contribution in [3.05, 3.63) is 102 Å². The Morgan fingerprint density at radius 3 is 2.43 bits per heavy atom. The lowest BCUT2D eigenvalue weighted by atomic mass is 10.1. The van der Waals surface area contributed by atoms with Gasteiger partial charge in [-0.05, 0) is 17.7 Å². The van der Waals surface area contributed by atoms with Gasteiger partial charge in [0.05, 0.1) is 16.4 Å². The van der Waals surface area contributed by atoms with E-state index in [0.717, 1.165) is 10.1 Å². The van der Waals surface area contributed by atoms with Crippen molar-refractivity contribution in [1.29, 1.82) is 0 Å². The number of halogens is 1. The molecule has 2 N–H and O–H groups in total. The molecule has 9 heteroatoms. The van der Waals surface area contributed by atoms with Crippen LogP contribution in [-0.2, 0) is 13.5 Å². The van der Waals surface area contributed by atoms with Crippen LogP contribution in [0, 0.1) is 0 Å². The topological polar surface area (TPSA) is 113 Å². The smallest absolute Gasteiger partial charge is 0.305 e. The van der Waals surface area contributed by atoms with Crippen LogP contribution in [0.25, 0.3) is 11.2 Å². The molecule has 0 aliphatic rings. The summed E-state index contributed by atoms with van der Waals surface area (Å²) >= 11 is 6.25. The molecule has 2 aromatic heterocycles. The van der Waals surface area contributed by atoms with Crippen LogP contribution in [0.5, 0.6) is 0 Å². The Labute approximate surface area is 174 Å². The maximum absolute atomic E-state index is 12.7. The molecule has 0 amide bonds. The quantitative estimate of drug-likeness (QED) is 0.492. The number of para-hydroxylation sites is 1. The summed E-state index contributed by atoms with van der Waals surface area (Å²) in [7, 11) is 1.44. The molecule has 8 nitrogen and oxygen atoms in total. The van der Waals surface area contributed by atoms with Gasteiger partial charge in [-0.2, -0.15) is 0 Å². The zero-order chi connectivity index (χ0) is 21.3.